The van der Waals surface area contributed by atoms with E-state index in [2.05, 4.69) is 41.6 Å². The molecule has 0 aliphatic heterocycles. The van der Waals surface area contributed by atoms with E-state index in [0.717, 1.165) is 24.2 Å². The smallest absolute Gasteiger partial charge is 0.192 e. The van der Waals surface area contributed by atoms with Crippen LogP contribution in [-0.2, 0) is 6.54 Å². The second-order valence-corrected chi connectivity index (χ2v) is 5.30. The Balaban J connectivity index is 2.07. The van der Waals surface area contributed by atoms with Crippen LogP contribution < -0.4 is 10.6 Å². The summed E-state index contributed by atoms with van der Waals surface area (Å²) >= 11 is 0. The molecule has 0 atom stereocenters. The van der Waals surface area contributed by atoms with Gasteiger partial charge in [0.1, 0.15) is 5.52 Å². The van der Waals surface area contributed by atoms with Crippen molar-refractivity contribution in [3.05, 3.63) is 29.7 Å². The Morgan fingerprint density at radius 1 is 1.33 bits per heavy atom. The van der Waals surface area contributed by atoms with Gasteiger partial charge >= 0.3 is 0 Å². The predicted octanol–water partition coefficient (Wildman–Crippen LogP) is 2.22. The van der Waals surface area contributed by atoms with Gasteiger partial charge in [0.15, 0.2) is 11.5 Å². The largest absolute Gasteiger partial charge is 0.441 e. The van der Waals surface area contributed by atoms with E-state index in [1.54, 1.807) is 0 Å². The summed E-state index contributed by atoms with van der Waals surface area (Å²) in [6.07, 6.45) is 0. The van der Waals surface area contributed by atoms with E-state index in [9.17, 15) is 0 Å². The van der Waals surface area contributed by atoms with E-state index in [-0.39, 0.29) is 5.54 Å². The molecule has 0 saturated heterocycles. The summed E-state index contributed by atoms with van der Waals surface area (Å²) in [7, 11) is 1.97. The molecule has 1 aromatic heterocycles. The third-order valence-corrected chi connectivity index (χ3v) is 2.95. The first-order chi connectivity index (χ1) is 8.50. The van der Waals surface area contributed by atoms with Crippen molar-refractivity contribution in [2.75, 3.05) is 13.6 Å². The van der Waals surface area contributed by atoms with Crippen LogP contribution in [0.5, 0.6) is 0 Å². The Bertz CT molecular complexity index is 531. The molecule has 4 heteroatoms. The van der Waals surface area contributed by atoms with Crippen LogP contribution in [0.3, 0.4) is 0 Å². The van der Waals surface area contributed by atoms with Crippen molar-refractivity contribution in [1.82, 2.24) is 15.6 Å². The maximum atomic E-state index is 5.54. The summed E-state index contributed by atoms with van der Waals surface area (Å²) in [5.41, 5.74) is 3.06. The molecular formula is C14H21N3O. The van der Waals surface area contributed by atoms with Crippen LogP contribution >= 0.6 is 0 Å². The molecule has 18 heavy (non-hydrogen) atoms. The molecule has 2 aromatic rings. The van der Waals surface area contributed by atoms with Crippen LogP contribution in [-0.4, -0.2) is 24.1 Å². The third-order valence-electron chi connectivity index (χ3n) is 2.95. The monoisotopic (exact) mass is 247 g/mol. The predicted molar refractivity (Wildman–Crippen MR) is 73.6 cm³/mol. The first-order valence-corrected chi connectivity index (χ1v) is 6.26. The summed E-state index contributed by atoms with van der Waals surface area (Å²) in [5.74, 6) is 0.714. The lowest BCUT2D eigenvalue weighted by Crippen LogP contribution is -2.46. The van der Waals surface area contributed by atoms with Gasteiger partial charge < -0.3 is 15.1 Å². The first kappa shape index (κ1) is 13.1. The highest BCUT2D eigenvalue weighted by Gasteiger charge is 2.15. The summed E-state index contributed by atoms with van der Waals surface area (Å²) < 4.78 is 5.54. The zero-order chi connectivity index (χ0) is 13.2. The van der Waals surface area contributed by atoms with E-state index in [4.69, 9.17) is 4.42 Å². The van der Waals surface area contributed by atoms with Crippen LogP contribution in [0, 0.1) is 6.92 Å². The number of hydrogen-bond acceptors (Lipinski definition) is 4. The minimum absolute atomic E-state index is 0.0705. The Labute approximate surface area is 108 Å². The average Bonchev–Trinajstić information content (AvgIpc) is 2.65. The molecule has 0 aliphatic carbocycles. The van der Waals surface area contributed by atoms with Gasteiger partial charge in [0.2, 0.25) is 0 Å². The Hall–Kier alpha value is -1.39. The van der Waals surface area contributed by atoms with Gasteiger partial charge in [-0.05, 0) is 38.6 Å². The number of hydrogen-bond donors (Lipinski definition) is 2. The molecule has 0 bridgehead atoms. The highest BCUT2D eigenvalue weighted by Crippen LogP contribution is 2.17. The number of nitrogens with one attached hydrogen (secondary N) is 2. The van der Waals surface area contributed by atoms with Crippen molar-refractivity contribution in [3.8, 4) is 0 Å². The van der Waals surface area contributed by atoms with Gasteiger partial charge in [-0.2, -0.15) is 0 Å². The standard InChI is InChI=1S/C14H21N3O/c1-10-17-12-6-5-11(7-13(12)18-10)8-16-14(2,3)9-15-4/h5-7,15-16H,8-9H2,1-4H3. The topological polar surface area (TPSA) is 50.1 Å². The molecule has 2 N–H and O–H groups in total. The fourth-order valence-corrected chi connectivity index (χ4v) is 2.04. The minimum atomic E-state index is 0.0705. The SMILES string of the molecule is CNCC(C)(C)NCc1ccc2nc(C)oc2c1. The first-order valence-electron chi connectivity index (χ1n) is 6.26. The fraction of sp³-hybridized carbons (Fsp3) is 0.500. The molecule has 1 aromatic carbocycles. The zero-order valence-corrected chi connectivity index (χ0v) is 11.5. The van der Waals surface area contributed by atoms with Crippen LogP contribution in [0.25, 0.3) is 11.1 Å². The van der Waals surface area contributed by atoms with E-state index in [1.807, 2.05) is 20.0 Å². The van der Waals surface area contributed by atoms with Gasteiger partial charge in [-0.25, -0.2) is 4.98 Å². The number of aromatic nitrogens is 1. The lowest BCUT2D eigenvalue weighted by atomic mass is 10.1. The molecule has 0 saturated carbocycles. The molecule has 0 radical (unpaired) electrons. The van der Waals surface area contributed by atoms with Crippen LogP contribution in [0.15, 0.2) is 22.6 Å². The number of oxazole rings is 1. The van der Waals surface area contributed by atoms with Gasteiger partial charge in [-0.15, -0.1) is 0 Å². The number of rotatable bonds is 5. The molecule has 4 nitrogen and oxygen atoms in total. The molecule has 2 rings (SSSR count). The summed E-state index contributed by atoms with van der Waals surface area (Å²) in [6.45, 7) is 7.98. The van der Waals surface area contributed by atoms with Crippen molar-refractivity contribution < 1.29 is 4.42 Å². The second-order valence-electron chi connectivity index (χ2n) is 5.30. The summed E-state index contributed by atoms with van der Waals surface area (Å²) in [6, 6.07) is 6.15. The highest BCUT2D eigenvalue weighted by atomic mass is 16.3. The van der Waals surface area contributed by atoms with Crippen molar-refractivity contribution in [1.29, 1.82) is 0 Å². The number of benzene rings is 1. The molecular weight excluding hydrogens is 226 g/mol. The quantitative estimate of drug-likeness (QED) is 0.850. The summed E-state index contributed by atoms with van der Waals surface area (Å²) in [4.78, 5) is 4.30. The second kappa shape index (κ2) is 5.08. The number of fused-ring (bicyclic) bond motifs is 1. The lowest BCUT2D eigenvalue weighted by Gasteiger charge is -2.26. The highest BCUT2D eigenvalue weighted by molar-refractivity contribution is 5.73. The van der Waals surface area contributed by atoms with Gasteiger partial charge in [-0.1, -0.05) is 6.07 Å². The van der Waals surface area contributed by atoms with Crippen molar-refractivity contribution >= 4 is 11.1 Å². The zero-order valence-electron chi connectivity index (χ0n) is 11.5. The van der Waals surface area contributed by atoms with Crippen LogP contribution in [0.4, 0.5) is 0 Å². The van der Waals surface area contributed by atoms with Gasteiger partial charge in [0, 0.05) is 25.6 Å². The Kier molecular flexibility index (Phi) is 3.68. The minimum Gasteiger partial charge on any atom is -0.441 e. The third kappa shape index (κ3) is 3.09. The van der Waals surface area contributed by atoms with E-state index < -0.39 is 0 Å². The summed E-state index contributed by atoms with van der Waals surface area (Å²) in [5, 5.41) is 6.71. The molecule has 1 heterocycles. The van der Waals surface area contributed by atoms with E-state index in [1.165, 1.54) is 5.56 Å². The van der Waals surface area contributed by atoms with Crippen molar-refractivity contribution in [2.45, 2.75) is 32.9 Å². The molecule has 0 unspecified atom stereocenters. The lowest BCUT2D eigenvalue weighted by molar-refractivity contribution is 0.374. The van der Waals surface area contributed by atoms with Gasteiger partial charge in [0.05, 0.1) is 0 Å². The number of aryl methyl sites for hydroxylation is 1. The average molecular weight is 247 g/mol. The van der Waals surface area contributed by atoms with Crippen molar-refractivity contribution in [3.63, 3.8) is 0 Å². The van der Waals surface area contributed by atoms with E-state index in [0.29, 0.717) is 5.89 Å². The van der Waals surface area contributed by atoms with E-state index >= 15 is 0 Å². The van der Waals surface area contributed by atoms with Crippen LogP contribution in [0.1, 0.15) is 25.3 Å². The Morgan fingerprint density at radius 3 is 2.83 bits per heavy atom. The molecule has 0 amide bonds. The molecule has 0 fully saturated rings. The molecule has 98 valence electrons. The van der Waals surface area contributed by atoms with Crippen LogP contribution in [0.2, 0.25) is 0 Å². The fourth-order valence-electron chi connectivity index (χ4n) is 2.04. The number of likely N-dealkylation sites (N-methyl/N-ethyl adjacent to an activating group) is 1. The van der Waals surface area contributed by atoms with Crippen molar-refractivity contribution in [2.24, 2.45) is 0 Å². The van der Waals surface area contributed by atoms with Gasteiger partial charge in [0.25, 0.3) is 0 Å². The Morgan fingerprint density at radius 2 is 2.11 bits per heavy atom. The maximum absolute atomic E-state index is 5.54. The molecule has 0 spiro atoms. The maximum Gasteiger partial charge on any atom is 0.192 e. The normalized spacial score (nSPS) is 12.2. The molecule has 0 aliphatic rings. The number of nitrogens with zero attached hydrogens (tertiary/aromatic N) is 1. The van der Waals surface area contributed by atoms with Gasteiger partial charge in [-0.3, -0.25) is 0 Å².